The molecule has 3 atom stereocenters. The number of carbonyl (C=O) groups excluding carboxylic acids is 1. The lowest BCUT2D eigenvalue weighted by Gasteiger charge is -2.22. The molecule has 1 amide bonds. The Morgan fingerprint density at radius 2 is 2.00 bits per heavy atom. The number of rotatable bonds is 3. The maximum Gasteiger partial charge on any atom is 0.244 e. The maximum atomic E-state index is 11.9. The zero-order chi connectivity index (χ0) is 12.4. The molecule has 0 saturated heterocycles. The summed E-state index contributed by atoms with van der Waals surface area (Å²) in [5, 5.41) is 3.15. The Balaban J connectivity index is 1.55. The zero-order valence-corrected chi connectivity index (χ0v) is 10.5. The molecule has 2 nitrogen and oxygen atoms in total. The van der Waals surface area contributed by atoms with E-state index in [9.17, 15) is 4.79 Å². The van der Waals surface area contributed by atoms with E-state index in [-0.39, 0.29) is 5.91 Å². The van der Waals surface area contributed by atoms with Gasteiger partial charge in [0, 0.05) is 12.1 Å². The number of amides is 1. The highest BCUT2D eigenvalue weighted by molar-refractivity contribution is 5.91. The third kappa shape index (κ3) is 2.47. The van der Waals surface area contributed by atoms with Crippen LogP contribution < -0.4 is 5.32 Å². The van der Waals surface area contributed by atoms with Crippen molar-refractivity contribution in [2.45, 2.75) is 31.7 Å². The Morgan fingerprint density at radius 1 is 1.17 bits per heavy atom. The molecule has 0 aromatic heterocycles. The van der Waals surface area contributed by atoms with Gasteiger partial charge in [0.15, 0.2) is 0 Å². The normalized spacial score (nSPS) is 29.9. The second-order valence-corrected chi connectivity index (χ2v) is 5.53. The minimum atomic E-state index is 0.0522. The molecule has 2 bridgehead atoms. The highest BCUT2D eigenvalue weighted by atomic mass is 16.1. The van der Waals surface area contributed by atoms with Gasteiger partial charge >= 0.3 is 0 Å². The zero-order valence-electron chi connectivity index (χ0n) is 10.5. The van der Waals surface area contributed by atoms with Crippen LogP contribution in [-0.4, -0.2) is 11.9 Å². The molecule has 18 heavy (non-hydrogen) atoms. The summed E-state index contributed by atoms with van der Waals surface area (Å²) >= 11 is 0. The molecule has 0 aliphatic heterocycles. The number of benzene rings is 1. The second-order valence-electron chi connectivity index (χ2n) is 5.53. The molecular weight excluding hydrogens is 222 g/mol. The predicted molar refractivity (Wildman–Crippen MR) is 72.9 cm³/mol. The van der Waals surface area contributed by atoms with Crippen LogP contribution in [0.5, 0.6) is 0 Å². The number of carbonyl (C=O) groups is 1. The molecule has 2 heteroatoms. The first-order valence-corrected chi connectivity index (χ1v) is 6.85. The van der Waals surface area contributed by atoms with Gasteiger partial charge in [-0.1, -0.05) is 36.8 Å². The fraction of sp³-hybridized carbons (Fsp3) is 0.438. The van der Waals surface area contributed by atoms with E-state index < -0.39 is 0 Å². The molecule has 2 saturated carbocycles. The van der Waals surface area contributed by atoms with Gasteiger partial charge in [0.1, 0.15) is 0 Å². The van der Waals surface area contributed by atoms with Crippen molar-refractivity contribution >= 4 is 12.0 Å². The van der Waals surface area contributed by atoms with Gasteiger partial charge in [0.25, 0.3) is 0 Å². The third-order valence-corrected chi connectivity index (χ3v) is 4.29. The Labute approximate surface area is 108 Å². The van der Waals surface area contributed by atoms with Gasteiger partial charge in [0.05, 0.1) is 0 Å². The molecule has 1 N–H and O–H groups in total. The lowest BCUT2D eigenvalue weighted by atomic mass is 9.95. The van der Waals surface area contributed by atoms with E-state index in [0.29, 0.717) is 6.04 Å². The van der Waals surface area contributed by atoms with E-state index in [0.717, 1.165) is 17.4 Å². The summed E-state index contributed by atoms with van der Waals surface area (Å²) < 4.78 is 0. The maximum absolute atomic E-state index is 11.9. The number of fused-ring (bicyclic) bond motifs is 2. The average molecular weight is 241 g/mol. The number of hydrogen-bond acceptors (Lipinski definition) is 1. The molecular formula is C16H19NO. The Kier molecular flexibility index (Phi) is 3.18. The summed E-state index contributed by atoms with van der Waals surface area (Å²) in [5.74, 6) is 1.67. The van der Waals surface area contributed by atoms with Crippen molar-refractivity contribution in [3.05, 3.63) is 42.0 Å². The summed E-state index contributed by atoms with van der Waals surface area (Å²) in [6.07, 6.45) is 8.72. The van der Waals surface area contributed by atoms with Crippen molar-refractivity contribution in [3.63, 3.8) is 0 Å². The van der Waals surface area contributed by atoms with Crippen molar-refractivity contribution in [2.75, 3.05) is 0 Å². The van der Waals surface area contributed by atoms with Crippen LogP contribution in [0.3, 0.4) is 0 Å². The van der Waals surface area contributed by atoms with Crippen molar-refractivity contribution < 1.29 is 4.79 Å². The molecule has 0 spiro atoms. The van der Waals surface area contributed by atoms with E-state index in [1.54, 1.807) is 6.08 Å². The summed E-state index contributed by atoms with van der Waals surface area (Å²) in [6, 6.07) is 10.4. The van der Waals surface area contributed by atoms with Gasteiger partial charge in [-0.25, -0.2) is 0 Å². The van der Waals surface area contributed by atoms with Gasteiger partial charge in [-0.2, -0.15) is 0 Å². The molecule has 0 radical (unpaired) electrons. The summed E-state index contributed by atoms with van der Waals surface area (Å²) in [5.41, 5.74) is 1.07. The van der Waals surface area contributed by atoms with Crippen molar-refractivity contribution in [2.24, 2.45) is 11.8 Å². The predicted octanol–water partition coefficient (Wildman–Crippen LogP) is 3.00. The van der Waals surface area contributed by atoms with Crippen LogP contribution in [0.25, 0.3) is 6.08 Å². The van der Waals surface area contributed by atoms with Crippen LogP contribution in [0.15, 0.2) is 36.4 Å². The summed E-state index contributed by atoms with van der Waals surface area (Å²) in [6.45, 7) is 0. The van der Waals surface area contributed by atoms with Gasteiger partial charge in [-0.05, 0) is 42.7 Å². The molecule has 94 valence electrons. The highest BCUT2D eigenvalue weighted by Crippen LogP contribution is 2.44. The van der Waals surface area contributed by atoms with E-state index in [1.165, 1.54) is 25.7 Å². The first kappa shape index (κ1) is 11.5. The summed E-state index contributed by atoms with van der Waals surface area (Å²) in [7, 11) is 0. The standard InChI is InChI=1S/C16H19NO/c18-16(9-7-12-4-2-1-3-5-12)17-15-11-13-6-8-14(15)10-13/h1-5,7,9,13-15H,6,8,10-11H2,(H,17,18)/b9-7+. The molecule has 2 fully saturated rings. The fourth-order valence-corrected chi connectivity index (χ4v) is 3.39. The Morgan fingerprint density at radius 3 is 2.67 bits per heavy atom. The molecule has 1 aromatic rings. The van der Waals surface area contributed by atoms with Gasteiger partial charge in [-0.3, -0.25) is 4.79 Å². The number of hydrogen-bond donors (Lipinski definition) is 1. The largest absolute Gasteiger partial charge is 0.350 e. The highest BCUT2D eigenvalue weighted by Gasteiger charge is 2.39. The van der Waals surface area contributed by atoms with Crippen LogP contribution in [0.4, 0.5) is 0 Å². The minimum absolute atomic E-state index is 0.0522. The minimum Gasteiger partial charge on any atom is -0.350 e. The quantitative estimate of drug-likeness (QED) is 0.810. The topological polar surface area (TPSA) is 29.1 Å². The lowest BCUT2D eigenvalue weighted by Crippen LogP contribution is -2.37. The summed E-state index contributed by atoms with van der Waals surface area (Å²) in [4.78, 5) is 11.9. The molecule has 3 rings (SSSR count). The molecule has 1 aromatic carbocycles. The smallest absolute Gasteiger partial charge is 0.244 e. The van der Waals surface area contributed by atoms with Gasteiger partial charge in [-0.15, -0.1) is 0 Å². The van der Waals surface area contributed by atoms with Crippen LogP contribution >= 0.6 is 0 Å². The van der Waals surface area contributed by atoms with Crippen LogP contribution in [0, 0.1) is 11.8 Å². The second kappa shape index (κ2) is 4.97. The molecule has 2 aliphatic rings. The lowest BCUT2D eigenvalue weighted by molar-refractivity contribution is -0.117. The monoisotopic (exact) mass is 241 g/mol. The number of nitrogens with one attached hydrogen (secondary N) is 1. The van der Waals surface area contributed by atoms with E-state index in [1.807, 2.05) is 36.4 Å². The first-order chi connectivity index (χ1) is 8.81. The van der Waals surface area contributed by atoms with E-state index >= 15 is 0 Å². The van der Waals surface area contributed by atoms with Crippen LogP contribution in [-0.2, 0) is 4.79 Å². The van der Waals surface area contributed by atoms with Crippen molar-refractivity contribution in [3.8, 4) is 0 Å². The SMILES string of the molecule is O=C(/C=C/c1ccccc1)NC1CC2CCC1C2. The molecule has 3 unspecified atom stereocenters. The Hall–Kier alpha value is -1.57. The first-order valence-electron chi connectivity index (χ1n) is 6.85. The molecule has 2 aliphatic carbocycles. The Bertz CT molecular complexity index is 451. The molecule has 0 heterocycles. The van der Waals surface area contributed by atoms with Gasteiger partial charge in [0.2, 0.25) is 5.91 Å². The van der Waals surface area contributed by atoms with Crippen LogP contribution in [0.1, 0.15) is 31.2 Å². The van der Waals surface area contributed by atoms with E-state index in [2.05, 4.69) is 5.32 Å². The van der Waals surface area contributed by atoms with E-state index in [4.69, 9.17) is 0 Å². The fourth-order valence-electron chi connectivity index (χ4n) is 3.39. The van der Waals surface area contributed by atoms with Crippen molar-refractivity contribution in [1.29, 1.82) is 0 Å². The van der Waals surface area contributed by atoms with Crippen molar-refractivity contribution in [1.82, 2.24) is 5.32 Å². The van der Waals surface area contributed by atoms with Gasteiger partial charge < -0.3 is 5.32 Å². The third-order valence-electron chi connectivity index (χ3n) is 4.29. The van der Waals surface area contributed by atoms with Crippen LogP contribution in [0.2, 0.25) is 0 Å². The average Bonchev–Trinajstić information content (AvgIpc) is 3.00.